The predicted octanol–water partition coefficient (Wildman–Crippen LogP) is 4.18. The highest BCUT2D eigenvalue weighted by Gasteiger charge is 2.14. The summed E-state index contributed by atoms with van der Waals surface area (Å²) in [6, 6.07) is 20.4. The van der Waals surface area contributed by atoms with Gasteiger partial charge in [0.15, 0.2) is 0 Å². The Kier molecular flexibility index (Phi) is 5.37. The van der Waals surface area contributed by atoms with Crippen molar-refractivity contribution < 1.29 is 9.53 Å². The van der Waals surface area contributed by atoms with Gasteiger partial charge in [-0.3, -0.25) is 4.79 Å². The first-order chi connectivity index (χ1) is 10.6. The molecule has 0 saturated heterocycles. The summed E-state index contributed by atoms with van der Waals surface area (Å²) in [7, 11) is 0. The minimum atomic E-state index is -0.311. The molecule has 0 atom stereocenters. The van der Waals surface area contributed by atoms with Gasteiger partial charge in [-0.1, -0.05) is 60.7 Å². The lowest BCUT2D eigenvalue weighted by Gasteiger charge is -2.22. The van der Waals surface area contributed by atoms with Crippen LogP contribution in [0.4, 0.5) is 0 Å². The van der Waals surface area contributed by atoms with Crippen LogP contribution >= 0.6 is 0 Å². The zero-order valence-electron chi connectivity index (χ0n) is 13.2. The van der Waals surface area contributed by atoms with Crippen LogP contribution in [0.1, 0.15) is 37.9 Å². The average Bonchev–Trinajstić information content (AvgIpc) is 2.53. The molecule has 0 aliphatic heterocycles. The third-order valence-electron chi connectivity index (χ3n) is 3.45. The molecule has 0 bridgehead atoms. The van der Waals surface area contributed by atoms with Crippen LogP contribution in [0.2, 0.25) is 0 Å². The molecule has 0 amide bonds. The lowest BCUT2D eigenvalue weighted by molar-refractivity contribution is -0.136. The van der Waals surface area contributed by atoms with E-state index in [1.165, 1.54) is 6.92 Å². The third kappa shape index (κ3) is 4.22. The smallest absolute Gasteiger partial charge is 0.307 e. The van der Waals surface area contributed by atoms with E-state index >= 15 is 0 Å². The lowest BCUT2D eigenvalue weighted by atomic mass is 9.98. The number of carbonyl (C=O) groups is 1. The van der Waals surface area contributed by atoms with Crippen molar-refractivity contribution in [3.05, 3.63) is 83.2 Å². The van der Waals surface area contributed by atoms with Crippen LogP contribution in [0, 0.1) is 0 Å². The monoisotopic (exact) mass is 295 g/mol. The molecule has 0 aromatic heterocycles. The Bertz CT molecular complexity index is 608. The van der Waals surface area contributed by atoms with Crippen molar-refractivity contribution in [3.8, 4) is 0 Å². The topological polar surface area (TPSA) is 38.3 Å². The van der Waals surface area contributed by atoms with Crippen molar-refractivity contribution in [1.29, 1.82) is 0 Å². The van der Waals surface area contributed by atoms with Gasteiger partial charge in [0.05, 0.1) is 6.04 Å². The zero-order valence-corrected chi connectivity index (χ0v) is 13.2. The van der Waals surface area contributed by atoms with Crippen LogP contribution in [-0.4, -0.2) is 5.97 Å². The van der Waals surface area contributed by atoms with E-state index in [4.69, 9.17) is 4.74 Å². The predicted molar refractivity (Wildman–Crippen MR) is 88.0 cm³/mol. The SMILES string of the molecule is CC(=O)O/C(C)=C(\C)NC(c1ccccc1)c1ccccc1. The molecule has 0 aliphatic rings. The van der Waals surface area contributed by atoms with Gasteiger partial charge < -0.3 is 10.1 Å². The number of ether oxygens (including phenoxy) is 1. The summed E-state index contributed by atoms with van der Waals surface area (Å²) in [6.07, 6.45) is 0. The first-order valence-corrected chi connectivity index (χ1v) is 7.30. The number of hydrogen-bond acceptors (Lipinski definition) is 3. The van der Waals surface area contributed by atoms with Gasteiger partial charge in [-0.25, -0.2) is 0 Å². The Balaban J connectivity index is 2.32. The van der Waals surface area contributed by atoms with E-state index in [0.29, 0.717) is 5.76 Å². The minimum Gasteiger partial charge on any atom is -0.430 e. The zero-order chi connectivity index (χ0) is 15.9. The molecule has 2 aromatic carbocycles. The van der Waals surface area contributed by atoms with Crippen molar-refractivity contribution in [1.82, 2.24) is 5.32 Å². The van der Waals surface area contributed by atoms with E-state index in [1.807, 2.05) is 43.3 Å². The Morgan fingerprint density at radius 3 is 1.73 bits per heavy atom. The highest BCUT2D eigenvalue weighted by Crippen LogP contribution is 2.23. The van der Waals surface area contributed by atoms with Gasteiger partial charge in [-0.15, -0.1) is 0 Å². The Labute approximate surface area is 131 Å². The average molecular weight is 295 g/mol. The summed E-state index contributed by atoms with van der Waals surface area (Å²) in [5, 5.41) is 3.46. The van der Waals surface area contributed by atoms with E-state index in [0.717, 1.165) is 16.8 Å². The van der Waals surface area contributed by atoms with Gasteiger partial charge in [0, 0.05) is 12.6 Å². The standard InChI is InChI=1S/C19H21NO2/c1-14(15(2)22-16(3)21)20-19(17-10-6-4-7-11-17)18-12-8-5-9-13-18/h4-13,19-20H,1-3H3/b15-14+. The second-order valence-electron chi connectivity index (χ2n) is 5.17. The summed E-state index contributed by atoms with van der Waals surface area (Å²) < 4.78 is 5.16. The largest absolute Gasteiger partial charge is 0.430 e. The van der Waals surface area contributed by atoms with Gasteiger partial charge in [0.2, 0.25) is 0 Å². The fourth-order valence-electron chi connectivity index (χ4n) is 2.26. The van der Waals surface area contributed by atoms with Crippen molar-refractivity contribution in [2.24, 2.45) is 0 Å². The molecule has 0 aliphatic carbocycles. The molecule has 0 spiro atoms. The van der Waals surface area contributed by atoms with Crippen LogP contribution in [0.3, 0.4) is 0 Å². The number of allylic oxidation sites excluding steroid dienone is 2. The molecular formula is C19H21NO2. The number of hydrogen-bond donors (Lipinski definition) is 1. The second-order valence-corrected chi connectivity index (χ2v) is 5.17. The maximum absolute atomic E-state index is 11.1. The van der Waals surface area contributed by atoms with Gasteiger partial charge in [0.1, 0.15) is 5.76 Å². The highest BCUT2D eigenvalue weighted by atomic mass is 16.5. The number of carbonyl (C=O) groups excluding carboxylic acids is 1. The molecule has 0 unspecified atom stereocenters. The maximum Gasteiger partial charge on any atom is 0.307 e. The molecular weight excluding hydrogens is 274 g/mol. The third-order valence-corrected chi connectivity index (χ3v) is 3.45. The van der Waals surface area contributed by atoms with Crippen LogP contribution in [0.25, 0.3) is 0 Å². The summed E-state index contributed by atoms with van der Waals surface area (Å²) in [5.74, 6) is 0.277. The number of nitrogens with one attached hydrogen (secondary N) is 1. The van der Waals surface area contributed by atoms with Crippen LogP contribution in [0.15, 0.2) is 72.1 Å². The van der Waals surface area contributed by atoms with Gasteiger partial charge >= 0.3 is 5.97 Å². The molecule has 3 heteroatoms. The quantitative estimate of drug-likeness (QED) is 0.664. The molecule has 0 fully saturated rings. The molecule has 3 nitrogen and oxygen atoms in total. The normalized spacial score (nSPS) is 11.8. The Morgan fingerprint density at radius 1 is 0.864 bits per heavy atom. The van der Waals surface area contributed by atoms with E-state index in [2.05, 4.69) is 29.6 Å². The van der Waals surface area contributed by atoms with E-state index in [1.54, 1.807) is 6.92 Å². The van der Waals surface area contributed by atoms with Crippen molar-refractivity contribution in [2.75, 3.05) is 0 Å². The number of rotatable bonds is 5. The van der Waals surface area contributed by atoms with Crippen LogP contribution in [-0.2, 0) is 9.53 Å². The molecule has 0 saturated carbocycles. The van der Waals surface area contributed by atoms with Crippen LogP contribution < -0.4 is 5.32 Å². The fourth-order valence-corrected chi connectivity index (χ4v) is 2.26. The minimum absolute atomic E-state index is 0.00732. The first-order valence-electron chi connectivity index (χ1n) is 7.30. The molecule has 1 N–H and O–H groups in total. The maximum atomic E-state index is 11.1. The molecule has 0 heterocycles. The highest BCUT2D eigenvalue weighted by molar-refractivity contribution is 5.67. The van der Waals surface area contributed by atoms with E-state index in [9.17, 15) is 4.79 Å². The molecule has 2 aromatic rings. The molecule has 22 heavy (non-hydrogen) atoms. The first kappa shape index (κ1) is 15.8. The summed E-state index contributed by atoms with van der Waals surface area (Å²) in [5.41, 5.74) is 3.15. The molecule has 2 rings (SSSR count). The van der Waals surface area contributed by atoms with Crippen molar-refractivity contribution in [3.63, 3.8) is 0 Å². The number of esters is 1. The fraction of sp³-hybridized carbons (Fsp3) is 0.211. The summed E-state index contributed by atoms with van der Waals surface area (Å²) in [6.45, 7) is 5.11. The van der Waals surface area contributed by atoms with Crippen molar-refractivity contribution in [2.45, 2.75) is 26.8 Å². The molecule has 114 valence electrons. The molecule has 0 radical (unpaired) electrons. The van der Waals surface area contributed by atoms with Gasteiger partial charge in [-0.05, 0) is 25.0 Å². The van der Waals surface area contributed by atoms with Crippen LogP contribution in [0.5, 0.6) is 0 Å². The van der Waals surface area contributed by atoms with E-state index in [-0.39, 0.29) is 12.0 Å². The van der Waals surface area contributed by atoms with Gasteiger partial charge in [0.25, 0.3) is 0 Å². The lowest BCUT2D eigenvalue weighted by Crippen LogP contribution is -2.22. The van der Waals surface area contributed by atoms with Gasteiger partial charge in [-0.2, -0.15) is 0 Å². The second kappa shape index (κ2) is 7.46. The number of benzene rings is 2. The van der Waals surface area contributed by atoms with Crippen molar-refractivity contribution >= 4 is 5.97 Å². The Hall–Kier alpha value is -2.55. The Morgan fingerprint density at radius 2 is 1.32 bits per heavy atom. The van der Waals surface area contributed by atoms with E-state index < -0.39 is 0 Å². The summed E-state index contributed by atoms with van der Waals surface area (Å²) in [4.78, 5) is 11.1. The summed E-state index contributed by atoms with van der Waals surface area (Å²) >= 11 is 0.